The maximum Gasteiger partial charge on any atom is 0.0892 e. The Balaban J connectivity index is 2.14. The molecule has 0 bridgehead atoms. The van der Waals surface area contributed by atoms with Crippen molar-refractivity contribution in [2.45, 2.75) is 31.3 Å². The summed E-state index contributed by atoms with van der Waals surface area (Å²) in [6.45, 7) is 3.11. The maximum absolute atomic E-state index is 5.75. The summed E-state index contributed by atoms with van der Waals surface area (Å²) in [6.07, 6.45) is 3.01. The quantitative estimate of drug-likeness (QED) is 0.596. The van der Waals surface area contributed by atoms with Crippen molar-refractivity contribution in [2.75, 3.05) is 6.61 Å². The van der Waals surface area contributed by atoms with Crippen LogP contribution in [0.3, 0.4) is 0 Å². The molecule has 3 rings (SSSR count). The standard InChI is InChI=1S/C10H12OS/c1-7-9-8(2-5-12-9)10(3-4-10)6-11-7/h2,5,7H,3-4,6H2,1H3. The first-order valence-electron chi connectivity index (χ1n) is 4.51. The number of thiophene rings is 1. The van der Waals surface area contributed by atoms with Crippen LogP contribution in [0, 0.1) is 0 Å². The van der Waals surface area contributed by atoms with E-state index in [0.717, 1.165) is 6.61 Å². The summed E-state index contributed by atoms with van der Waals surface area (Å²) < 4.78 is 5.75. The molecule has 12 heavy (non-hydrogen) atoms. The average molecular weight is 180 g/mol. The predicted octanol–water partition coefficient (Wildman–Crippen LogP) is 2.87. The van der Waals surface area contributed by atoms with Crippen LogP contribution in [0.4, 0.5) is 0 Å². The molecule has 1 unspecified atom stereocenters. The van der Waals surface area contributed by atoms with Crippen molar-refractivity contribution >= 4 is 11.3 Å². The van der Waals surface area contributed by atoms with E-state index in [1.165, 1.54) is 17.7 Å². The molecular formula is C10H12OS. The molecule has 2 aliphatic rings. The Bertz CT molecular complexity index is 311. The van der Waals surface area contributed by atoms with Crippen molar-refractivity contribution in [1.29, 1.82) is 0 Å². The molecule has 1 spiro atoms. The van der Waals surface area contributed by atoms with E-state index in [1.807, 2.05) is 11.3 Å². The molecule has 1 aromatic rings. The van der Waals surface area contributed by atoms with E-state index in [2.05, 4.69) is 18.4 Å². The Morgan fingerprint density at radius 2 is 2.42 bits per heavy atom. The van der Waals surface area contributed by atoms with Gasteiger partial charge in [0.2, 0.25) is 0 Å². The van der Waals surface area contributed by atoms with E-state index in [-0.39, 0.29) is 0 Å². The molecule has 2 heterocycles. The van der Waals surface area contributed by atoms with Gasteiger partial charge in [-0.1, -0.05) is 0 Å². The third-order valence-electron chi connectivity index (χ3n) is 3.10. The lowest BCUT2D eigenvalue weighted by atomic mass is 9.94. The van der Waals surface area contributed by atoms with Gasteiger partial charge in [-0.25, -0.2) is 0 Å². The fraction of sp³-hybridized carbons (Fsp3) is 0.600. The lowest BCUT2D eigenvalue weighted by molar-refractivity contribution is 0.0366. The van der Waals surface area contributed by atoms with E-state index in [4.69, 9.17) is 4.74 Å². The van der Waals surface area contributed by atoms with Crippen LogP contribution in [0.5, 0.6) is 0 Å². The molecule has 0 saturated heterocycles. The highest BCUT2D eigenvalue weighted by atomic mass is 32.1. The minimum atomic E-state index is 0.339. The van der Waals surface area contributed by atoms with Gasteiger partial charge in [-0.3, -0.25) is 0 Å². The Morgan fingerprint density at radius 1 is 1.58 bits per heavy atom. The van der Waals surface area contributed by atoms with Gasteiger partial charge in [0.15, 0.2) is 0 Å². The fourth-order valence-electron chi connectivity index (χ4n) is 2.08. The molecule has 0 aromatic carbocycles. The lowest BCUT2D eigenvalue weighted by Crippen LogP contribution is -2.23. The Morgan fingerprint density at radius 3 is 3.17 bits per heavy atom. The first-order valence-corrected chi connectivity index (χ1v) is 5.39. The number of ether oxygens (including phenoxy) is 1. The summed E-state index contributed by atoms with van der Waals surface area (Å²) >= 11 is 1.85. The van der Waals surface area contributed by atoms with Gasteiger partial charge in [-0.05, 0) is 36.8 Å². The van der Waals surface area contributed by atoms with Crippen LogP contribution in [0.25, 0.3) is 0 Å². The molecule has 1 aliphatic carbocycles. The Labute approximate surface area is 76.4 Å². The second kappa shape index (κ2) is 2.12. The minimum absolute atomic E-state index is 0.339. The summed E-state index contributed by atoms with van der Waals surface area (Å²) in [6, 6.07) is 2.30. The number of fused-ring (bicyclic) bond motifs is 2. The molecular weight excluding hydrogens is 168 g/mol. The van der Waals surface area contributed by atoms with Gasteiger partial charge in [0, 0.05) is 10.3 Å². The second-order valence-electron chi connectivity index (χ2n) is 3.93. The molecule has 0 N–H and O–H groups in total. The number of hydrogen-bond donors (Lipinski definition) is 0. The van der Waals surface area contributed by atoms with Crippen molar-refractivity contribution in [3.05, 3.63) is 21.9 Å². The molecule has 0 amide bonds. The van der Waals surface area contributed by atoms with Crippen LogP contribution in [-0.2, 0) is 10.2 Å². The highest BCUT2D eigenvalue weighted by Crippen LogP contribution is 2.55. The maximum atomic E-state index is 5.75. The molecule has 64 valence electrons. The summed E-state index contributed by atoms with van der Waals surface area (Å²) in [5.74, 6) is 0. The van der Waals surface area contributed by atoms with E-state index >= 15 is 0 Å². The number of hydrogen-bond acceptors (Lipinski definition) is 2. The monoisotopic (exact) mass is 180 g/mol. The summed E-state index contributed by atoms with van der Waals surface area (Å²) in [5.41, 5.74) is 2.05. The van der Waals surface area contributed by atoms with E-state index < -0.39 is 0 Å². The Hall–Kier alpha value is -0.340. The molecule has 2 heteroatoms. The SMILES string of the molecule is CC1OCC2(CC2)c2ccsc21. The summed E-state index contributed by atoms with van der Waals surface area (Å²) in [5, 5.41) is 2.20. The Kier molecular flexibility index (Phi) is 1.25. The first kappa shape index (κ1) is 7.10. The van der Waals surface area contributed by atoms with Crippen LogP contribution in [0.2, 0.25) is 0 Å². The summed E-state index contributed by atoms with van der Waals surface area (Å²) in [7, 11) is 0. The van der Waals surface area contributed by atoms with Crippen molar-refractivity contribution in [3.8, 4) is 0 Å². The van der Waals surface area contributed by atoms with Crippen LogP contribution in [0.1, 0.15) is 36.3 Å². The lowest BCUT2D eigenvalue weighted by Gasteiger charge is -2.27. The third-order valence-corrected chi connectivity index (χ3v) is 4.18. The zero-order valence-corrected chi connectivity index (χ0v) is 7.99. The van der Waals surface area contributed by atoms with Crippen molar-refractivity contribution in [3.63, 3.8) is 0 Å². The first-order chi connectivity index (χ1) is 5.82. The molecule has 1 atom stereocenters. The zero-order valence-electron chi connectivity index (χ0n) is 7.17. The minimum Gasteiger partial charge on any atom is -0.372 e. The van der Waals surface area contributed by atoms with Gasteiger partial charge in [-0.15, -0.1) is 11.3 Å². The van der Waals surface area contributed by atoms with Crippen molar-refractivity contribution in [2.24, 2.45) is 0 Å². The second-order valence-corrected chi connectivity index (χ2v) is 4.88. The van der Waals surface area contributed by atoms with Gasteiger partial charge in [0.05, 0.1) is 12.7 Å². The summed E-state index contributed by atoms with van der Waals surface area (Å²) in [4.78, 5) is 1.47. The molecule has 0 radical (unpaired) electrons. The normalized spacial score (nSPS) is 30.2. The van der Waals surface area contributed by atoms with Crippen LogP contribution in [-0.4, -0.2) is 6.61 Å². The smallest absolute Gasteiger partial charge is 0.0892 e. The largest absolute Gasteiger partial charge is 0.372 e. The predicted molar refractivity (Wildman–Crippen MR) is 49.6 cm³/mol. The molecule has 1 aliphatic heterocycles. The topological polar surface area (TPSA) is 9.23 Å². The van der Waals surface area contributed by atoms with Gasteiger partial charge in [-0.2, -0.15) is 0 Å². The molecule has 1 saturated carbocycles. The van der Waals surface area contributed by atoms with E-state index in [9.17, 15) is 0 Å². The van der Waals surface area contributed by atoms with E-state index in [0.29, 0.717) is 11.5 Å². The van der Waals surface area contributed by atoms with Gasteiger partial charge in [0.1, 0.15) is 0 Å². The average Bonchev–Trinajstić information content (AvgIpc) is 2.64. The van der Waals surface area contributed by atoms with Gasteiger partial charge in [0.25, 0.3) is 0 Å². The van der Waals surface area contributed by atoms with Crippen LogP contribution < -0.4 is 0 Å². The third kappa shape index (κ3) is 0.771. The van der Waals surface area contributed by atoms with E-state index in [1.54, 1.807) is 5.56 Å². The van der Waals surface area contributed by atoms with Crippen LogP contribution in [0.15, 0.2) is 11.4 Å². The molecule has 1 fully saturated rings. The molecule has 1 nitrogen and oxygen atoms in total. The van der Waals surface area contributed by atoms with Crippen molar-refractivity contribution in [1.82, 2.24) is 0 Å². The highest BCUT2D eigenvalue weighted by Gasteiger charge is 2.49. The van der Waals surface area contributed by atoms with Gasteiger partial charge < -0.3 is 4.74 Å². The zero-order chi connectivity index (χ0) is 8.18. The fourth-order valence-corrected chi connectivity index (χ4v) is 3.10. The number of rotatable bonds is 0. The van der Waals surface area contributed by atoms with Gasteiger partial charge >= 0.3 is 0 Å². The van der Waals surface area contributed by atoms with Crippen molar-refractivity contribution < 1.29 is 4.74 Å². The molecule has 1 aromatic heterocycles. The van der Waals surface area contributed by atoms with Crippen LogP contribution >= 0.6 is 11.3 Å². The highest BCUT2D eigenvalue weighted by molar-refractivity contribution is 7.10.